The third-order valence-electron chi connectivity index (χ3n) is 4.98. The number of likely N-dealkylation sites (tertiary alicyclic amines) is 1. The van der Waals surface area contributed by atoms with E-state index in [1.807, 2.05) is 14.0 Å². The zero-order valence-electron chi connectivity index (χ0n) is 13.1. The zero-order valence-corrected chi connectivity index (χ0v) is 13.1. The average molecular weight is 282 g/mol. The molecule has 0 aromatic rings. The lowest BCUT2D eigenvalue weighted by molar-refractivity contribution is -0.145. The van der Waals surface area contributed by atoms with E-state index >= 15 is 0 Å². The van der Waals surface area contributed by atoms with Gasteiger partial charge in [-0.1, -0.05) is 12.8 Å². The Morgan fingerprint density at radius 2 is 2.05 bits per heavy atom. The molecule has 1 heterocycles. The van der Waals surface area contributed by atoms with Gasteiger partial charge in [-0.15, -0.1) is 0 Å². The summed E-state index contributed by atoms with van der Waals surface area (Å²) in [7, 11) is 1.85. The second-order valence-corrected chi connectivity index (χ2v) is 6.17. The fourth-order valence-corrected chi connectivity index (χ4v) is 3.92. The molecule has 2 rings (SSSR count). The Balaban J connectivity index is 1.80. The van der Waals surface area contributed by atoms with Gasteiger partial charge in [-0.05, 0) is 58.5 Å². The molecule has 2 aliphatic rings. The minimum atomic E-state index is -0.153. The highest BCUT2D eigenvalue weighted by molar-refractivity contribution is 5.75. The van der Waals surface area contributed by atoms with Crippen molar-refractivity contribution in [1.29, 1.82) is 0 Å². The number of carbonyl (C=O) groups excluding carboxylic acids is 1. The molecule has 1 aliphatic carbocycles. The SMILES string of the molecule is CCOC(=O)C(CCN1CCCC1C1CCCC1)NC. The van der Waals surface area contributed by atoms with E-state index in [1.165, 1.54) is 45.1 Å². The summed E-state index contributed by atoms with van der Waals surface area (Å²) >= 11 is 0. The molecule has 0 bridgehead atoms. The maximum atomic E-state index is 11.8. The summed E-state index contributed by atoms with van der Waals surface area (Å²) in [4.78, 5) is 14.4. The number of hydrogen-bond donors (Lipinski definition) is 1. The van der Waals surface area contributed by atoms with Crippen LogP contribution in [0.15, 0.2) is 0 Å². The Hall–Kier alpha value is -0.610. The smallest absolute Gasteiger partial charge is 0.323 e. The van der Waals surface area contributed by atoms with Crippen LogP contribution in [0, 0.1) is 5.92 Å². The van der Waals surface area contributed by atoms with E-state index in [1.54, 1.807) is 0 Å². The third-order valence-corrected chi connectivity index (χ3v) is 4.98. The number of likely N-dealkylation sites (N-methyl/N-ethyl adjacent to an activating group) is 1. The lowest BCUT2D eigenvalue weighted by atomic mass is 9.96. The molecular formula is C16H30N2O2. The van der Waals surface area contributed by atoms with Crippen molar-refractivity contribution in [3.05, 3.63) is 0 Å². The van der Waals surface area contributed by atoms with Crippen LogP contribution in [0.1, 0.15) is 51.9 Å². The van der Waals surface area contributed by atoms with Crippen molar-refractivity contribution in [2.24, 2.45) is 5.92 Å². The van der Waals surface area contributed by atoms with Gasteiger partial charge < -0.3 is 15.0 Å². The van der Waals surface area contributed by atoms with Gasteiger partial charge in [0.05, 0.1) is 6.61 Å². The summed E-state index contributed by atoms with van der Waals surface area (Å²) in [5.74, 6) is 0.805. The fourth-order valence-electron chi connectivity index (χ4n) is 3.92. The molecule has 4 heteroatoms. The molecular weight excluding hydrogens is 252 g/mol. The minimum absolute atomic E-state index is 0.105. The number of esters is 1. The summed E-state index contributed by atoms with van der Waals surface area (Å²) in [6.07, 6.45) is 9.19. The molecule has 1 saturated carbocycles. The Morgan fingerprint density at radius 1 is 1.30 bits per heavy atom. The van der Waals surface area contributed by atoms with Gasteiger partial charge in [-0.2, -0.15) is 0 Å². The Kier molecular flexibility index (Phi) is 6.30. The third kappa shape index (κ3) is 3.95. The summed E-state index contributed by atoms with van der Waals surface area (Å²) in [5.41, 5.74) is 0. The topological polar surface area (TPSA) is 41.6 Å². The van der Waals surface area contributed by atoms with E-state index in [9.17, 15) is 4.79 Å². The van der Waals surface area contributed by atoms with Gasteiger partial charge in [0.2, 0.25) is 0 Å². The van der Waals surface area contributed by atoms with Crippen LogP contribution < -0.4 is 5.32 Å². The lowest BCUT2D eigenvalue weighted by Crippen LogP contribution is -2.41. The summed E-state index contributed by atoms with van der Waals surface area (Å²) in [5, 5.41) is 3.09. The molecule has 0 aromatic carbocycles. The van der Waals surface area contributed by atoms with E-state index in [-0.39, 0.29) is 12.0 Å². The van der Waals surface area contributed by atoms with Crippen LogP contribution in [0.5, 0.6) is 0 Å². The van der Waals surface area contributed by atoms with Gasteiger partial charge in [0.1, 0.15) is 6.04 Å². The number of hydrogen-bond acceptors (Lipinski definition) is 4. The molecule has 4 nitrogen and oxygen atoms in total. The normalized spacial score (nSPS) is 26.0. The second-order valence-electron chi connectivity index (χ2n) is 6.17. The van der Waals surface area contributed by atoms with E-state index < -0.39 is 0 Å². The van der Waals surface area contributed by atoms with Gasteiger partial charge in [-0.3, -0.25) is 4.79 Å². The van der Waals surface area contributed by atoms with Crippen LogP contribution in [-0.4, -0.2) is 49.7 Å². The monoisotopic (exact) mass is 282 g/mol. The van der Waals surface area contributed by atoms with E-state index in [2.05, 4.69) is 10.2 Å². The summed E-state index contributed by atoms with van der Waals surface area (Å²) in [6.45, 7) is 4.55. The quantitative estimate of drug-likeness (QED) is 0.727. The lowest BCUT2D eigenvalue weighted by Gasteiger charge is -2.30. The Bertz CT molecular complexity index is 303. The van der Waals surface area contributed by atoms with E-state index in [0.29, 0.717) is 6.61 Å². The van der Waals surface area contributed by atoms with Crippen LogP contribution in [-0.2, 0) is 9.53 Å². The van der Waals surface area contributed by atoms with Crippen molar-refractivity contribution >= 4 is 5.97 Å². The first-order chi connectivity index (χ1) is 9.76. The van der Waals surface area contributed by atoms with Crippen molar-refractivity contribution in [2.75, 3.05) is 26.7 Å². The molecule has 0 radical (unpaired) electrons. The predicted octanol–water partition coefficient (Wildman–Crippen LogP) is 2.18. The Morgan fingerprint density at radius 3 is 2.70 bits per heavy atom. The molecule has 1 N–H and O–H groups in total. The first-order valence-corrected chi connectivity index (χ1v) is 8.34. The molecule has 0 aromatic heterocycles. The number of ether oxygens (including phenoxy) is 1. The molecule has 0 spiro atoms. The highest BCUT2D eigenvalue weighted by atomic mass is 16.5. The van der Waals surface area contributed by atoms with Crippen LogP contribution in [0.4, 0.5) is 0 Å². The molecule has 2 atom stereocenters. The van der Waals surface area contributed by atoms with E-state index in [0.717, 1.165) is 24.9 Å². The van der Waals surface area contributed by atoms with Gasteiger partial charge in [0.25, 0.3) is 0 Å². The Labute approximate surface area is 123 Å². The summed E-state index contributed by atoms with van der Waals surface area (Å²) < 4.78 is 5.12. The zero-order chi connectivity index (χ0) is 14.4. The minimum Gasteiger partial charge on any atom is -0.465 e. The van der Waals surface area contributed by atoms with Gasteiger partial charge >= 0.3 is 5.97 Å². The molecule has 1 aliphatic heterocycles. The first kappa shape index (κ1) is 15.8. The molecule has 2 fully saturated rings. The molecule has 0 amide bonds. The van der Waals surface area contributed by atoms with E-state index in [4.69, 9.17) is 4.74 Å². The maximum Gasteiger partial charge on any atom is 0.323 e. The second kappa shape index (κ2) is 7.99. The number of carbonyl (C=O) groups is 1. The van der Waals surface area contributed by atoms with Crippen molar-refractivity contribution in [2.45, 2.75) is 64.0 Å². The number of rotatable bonds is 7. The standard InChI is InChI=1S/C16H30N2O2/c1-3-20-16(19)14(17-2)10-12-18-11-6-9-15(18)13-7-4-5-8-13/h13-15,17H,3-12H2,1-2H3. The number of nitrogens with one attached hydrogen (secondary N) is 1. The average Bonchev–Trinajstić information content (AvgIpc) is 3.10. The molecule has 2 unspecified atom stereocenters. The van der Waals surface area contributed by atoms with Crippen LogP contribution in [0.3, 0.4) is 0 Å². The molecule has 116 valence electrons. The first-order valence-electron chi connectivity index (χ1n) is 8.34. The highest BCUT2D eigenvalue weighted by Crippen LogP contribution is 2.35. The molecule has 20 heavy (non-hydrogen) atoms. The largest absolute Gasteiger partial charge is 0.465 e. The maximum absolute atomic E-state index is 11.8. The summed E-state index contributed by atoms with van der Waals surface area (Å²) in [6, 6.07) is 0.622. The van der Waals surface area contributed by atoms with Crippen molar-refractivity contribution in [3.63, 3.8) is 0 Å². The van der Waals surface area contributed by atoms with Crippen LogP contribution in [0.25, 0.3) is 0 Å². The highest BCUT2D eigenvalue weighted by Gasteiger charge is 2.33. The van der Waals surface area contributed by atoms with Crippen molar-refractivity contribution in [3.8, 4) is 0 Å². The number of nitrogens with zero attached hydrogens (tertiary/aromatic N) is 1. The van der Waals surface area contributed by atoms with Gasteiger partial charge in [-0.25, -0.2) is 0 Å². The van der Waals surface area contributed by atoms with Crippen LogP contribution >= 0.6 is 0 Å². The van der Waals surface area contributed by atoms with Crippen molar-refractivity contribution in [1.82, 2.24) is 10.2 Å². The van der Waals surface area contributed by atoms with Gasteiger partial charge in [0.15, 0.2) is 0 Å². The predicted molar refractivity (Wildman–Crippen MR) is 80.7 cm³/mol. The van der Waals surface area contributed by atoms with Gasteiger partial charge in [0, 0.05) is 12.6 Å². The fraction of sp³-hybridized carbons (Fsp3) is 0.938. The molecule has 1 saturated heterocycles. The van der Waals surface area contributed by atoms with Crippen LogP contribution in [0.2, 0.25) is 0 Å². The van der Waals surface area contributed by atoms with Crippen molar-refractivity contribution < 1.29 is 9.53 Å².